The number of hydrogen-bond acceptors (Lipinski definition) is 7. The van der Waals surface area contributed by atoms with Gasteiger partial charge < -0.3 is 20.1 Å². The Labute approximate surface area is 216 Å². The van der Waals surface area contributed by atoms with Crippen molar-refractivity contribution < 1.29 is 23.0 Å². The van der Waals surface area contributed by atoms with E-state index in [1.54, 1.807) is 18.3 Å². The van der Waals surface area contributed by atoms with E-state index in [0.717, 1.165) is 6.07 Å². The second kappa shape index (κ2) is 11.8. The Hall–Kier alpha value is -3.99. The minimum atomic E-state index is -1.12. The number of amides is 1. The molecular formula is C25H25ClF2N6O3. The van der Waals surface area contributed by atoms with E-state index < -0.39 is 17.5 Å². The van der Waals surface area contributed by atoms with Gasteiger partial charge in [0, 0.05) is 24.2 Å². The molecule has 0 bridgehead atoms. The van der Waals surface area contributed by atoms with E-state index in [1.807, 2.05) is 13.8 Å². The largest absolute Gasteiger partial charge is 0.493 e. The molecule has 9 nitrogen and oxygen atoms in total. The maximum Gasteiger partial charge on any atom is 0.246 e. The molecule has 2 aromatic carbocycles. The fourth-order valence-electron chi connectivity index (χ4n) is 3.49. The maximum atomic E-state index is 13.8. The van der Waals surface area contributed by atoms with Crippen molar-refractivity contribution >= 4 is 45.6 Å². The number of anilines is 3. The summed E-state index contributed by atoms with van der Waals surface area (Å²) in [6.07, 6.45) is 5.10. The van der Waals surface area contributed by atoms with Crippen molar-refractivity contribution in [2.45, 2.75) is 32.9 Å². The zero-order valence-corrected chi connectivity index (χ0v) is 20.9. The number of alkyl halides is 1. The van der Waals surface area contributed by atoms with Gasteiger partial charge in [0.15, 0.2) is 11.6 Å². The van der Waals surface area contributed by atoms with Crippen LogP contribution in [0.3, 0.4) is 0 Å². The van der Waals surface area contributed by atoms with E-state index in [0.29, 0.717) is 52.8 Å². The molecule has 0 unspecified atom stereocenters. The molecule has 4 aromatic rings. The first-order chi connectivity index (χ1) is 17.8. The van der Waals surface area contributed by atoms with Gasteiger partial charge in [0.05, 0.1) is 41.2 Å². The molecule has 2 heterocycles. The van der Waals surface area contributed by atoms with Gasteiger partial charge in [0.2, 0.25) is 5.91 Å². The minimum absolute atomic E-state index is 0.112. The van der Waals surface area contributed by atoms with Gasteiger partial charge >= 0.3 is 0 Å². The normalized spacial score (nSPS) is 11.1. The number of carbonyl (C=O) groups is 1. The van der Waals surface area contributed by atoms with Gasteiger partial charge in [-0.2, -0.15) is 5.10 Å². The van der Waals surface area contributed by atoms with Crippen LogP contribution >= 0.6 is 11.6 Å². The fraction of sp³-hybridized carbons (Fsp3) is 0.280. The molecule has 194 valence electrons. The van der Waals surface area contributed by atoms with Crippen LogP contribution in [0.15, 0.2) is 49.1 Å². The van der Waals surface area contributed by atoms with Crippen molar-refractivity contribution in [1.29, 1.82) is 0 Å². The molecule has 0 spiro atoms. The Morgan fingerprint density at radius 3 is 2.84 bits per heavy atom. The van der Waals surface area contributed by atoms with Gasteiger partial charge in [-0.1, -0.05) is 6.07 Å². The van der Waals surface area contributed by atoms with Gasteiger partial charge in [0.1, 0.15) is 30.2 Å². The van der Waals surface area contributed by atoms with Crippen LogP contribution < -0.4 is 20.1 Å². The standard InChI is InChI=1S/C25H25ClF2N6O3/c1-15(2)37-21-10-17(36-8-4-7-26)9-20-23(21)25(30-14-29-20)32-16-11-31-34(12-16)13-22(35)33-19-6-3-5-18(27)24(19)28/h3,5-6,9-12,14-15H,4,7-8,13H2,1-2H3,(H,33,35)(H,29,30,32). The summed E-state index contributed by atoms with van der Waals surface area (Å²) in [5.41, 5.74) is 0.912. The molecule has 37 heavy (non-hydrogen) atoms. The van der Waals surface area contributed by atoms with Gasteiger partial charge in [-0.25, -0.2) is 18.7 Å². The van der Waals surface area contributed by atoms with E-state index in [2.05, 4.69) is 25.7 Å². The van der Waals surface area contributed by atoms with Gasteiger partial charge in [-0.05, 0) is 32.4 Å². The number of halogens is 3. The molecule has 0 radical (unpaired) electrons. The average Bonchev–Trinajstić information content (AvgIpc) is 3.28. The van der Waals surface area contributed by atoms with Gasteiger partial charge in [-0.15, -0.1) is 11.6 Å². The average molecular weight is 531 g/mol. The first-order valence-electron chi connectivity index (χ1n) is 11.5. The molecule has 0 aliphatic carbocycles. The summed E-state index contributed by atoms with van der Waals surface area (Å²) in [6, 6.07) is 7.13. The second-order valence-corrected chi connectivity index (χ2v) is 8.67. The van der Waals surface area contributed by atoms with Gasteiger partial charge in [0.25, 0.3) is 0 Å². The van der Waals surface area contributed by atoms with Crippen LogP contribution in [-0.2, 0) is 11.3 Å². The highest BCUT2D eigenvalue weighted by Crippen LogP contribution is 2.36. The Bertz CT molecular complexity index is 1400. The summed E-state index contributed by atoms with van der Waals surface area (Å²) in [5.74, 6) is -0.626. The van der Waals surface area contributed by atoms with Crippen LogP contribution in [-0.4, -0.2) is 44.2 Å². The molecule has 2 aromatic heterocycles. The molecule has 0 fully saturated rings. The Kier molecular flexibility index (Phi) is 8.34. The van der Waals surface area contributed by atoms with E-state index in [4.69, 9.17) is 21.1 Å². The van der Waals surface area contributed by atoms with Crippen molar-refractivity contribution in [3.05, 3.63) is 60.7 Å². The van der Waals surface area contributed by atoms with Crippen LogP contribution in [0.4, 0.5) is 26.0 Å². The van der Waals surface area contributed by atoms with E-state index in [9.17, 15) is 13.6 Å². The predicted octanol–water partition coefficient (Wildman–Crippen LogP) is 5.28. The number of carbonyl (C=O) groups excluding carboxylic acids is 1. The SMILES string of the molecule is CC(C)Oc1cc(OCCCCl)cc2ncnc(Nc3cnn(CC(=O)Nc4cccc(F)c4F)c3)c12. The highest BCUT2D eigenvalue weighted by atomic mass is 35.5. The highest BCUT2D eigenvalue weighted by Gasteiger charge is 2.16. The third kappa shape index (κ3) is 6.62. The summed E-state index contributed by atoms with van der Waals surface area (Å²) in [4.78, 5) is 21.1. The third-order valence-corrected chi connectivity index (χ3v) is 5.28. The first kappa shape index (κ1) is 26.1. The molecule has 0 atom stereocenters. The molecule has 1 amide bonds. The molecule has 4 rings (SSSR count). The lowest BCUT2D eigenvalue weighted by Gasteiger charge is -2.16. The number of ether oxygens (including phenoxy) is 2. The van der Waals surface area contributed by atoms with E-state index in [-0.39, 0.29) is 18.3 Å². The Balaban J connectivity index is 1.53. The van der Waals surface area contributed by atoms with Crippen molar-refractivity contribution in [3.8, 4) is 11.5 Å². The first-order valence-corrected chi connectivity index (χ1v) is 12.0. The van der Waals surface area contributed by atoms with Crippen LogP contribution in [0, 0.1) is 11.6 Å². The Morgan fingerprint density at radius 1 is 1.22 bits per heavy atom. The summed E-state index contributed by atoms with van der Waals surface area (Å²) < 4.78 is 40.4. The zero-order valence-electron chi connectivity index (χ0n) is 20.2. The lowest BCUT2D eigenvalue weighted by molar-refractivity contribution is -0.116. The monoisotopic (exact) mass is 530 g/mol. The lowest BCUT2D eigenvalue weighted by Crippen LogP contribution is -2.19. The maximum absolute atomic E-state index is 13.8. The molecule has 2 N–H and O–H groups in total. The zero-order chi connectivity index (χ0) is 26.4. The van der Waals surface area contributed by atoms with Crippen molar-refractivity contribution in [1.82, 2.24) is 19.7 Å². The van der Waals surface area contributed by atoms with Gasteiger partial charge in [-0.3, -0.25) is 9.48 Å². The van der Waals surface area contributed by atoms with Crippen molar-refractivity contribution in [2.24, 2.45) is 0 Å². The number of rotatable bonds is 11. The second-order valence-electron chi connectivity index (χ2n) is 8.30. The smallest absolute Gasteiger partial charge is 0.246 e. The van der Waals surface area contributed by atoms with Crippen molar-refractivity contribution in [3.63, 3.8) is 0 Å². The summed E-state index contributed by atoms with van der Waals surface area (Å²) in [5, 5.41) is 10.3. The highest BCUT2D eigenvalue weighted by molar-refractivity contribution is 6.17. The number of nitrogens with zero attached hydrogens (tertiary/aromatic N) is 4. The fourth-order valence-corrected chi connectivity index (χ4v) is 3.60. The summed E-state index contributed by atoms with van der Waals surface area (Å²) in [6.45, 7) is 4.07. The molecule has 0 aliphatic heterocycles. The molecule has 0 saturated carbocycles. The number of hydrogen-bond donors (Lipinski definition) is 2. The summed E-state index contributed by atoms with van der Waals surface area (Å²) >= 11 is 5.75. The van der Waals surface area contributed by atoms with Crippen LogP contribution in [0.25, 0.3) is 10.9 Å². The number of fused-ring (bicyclic) bond motifs is 1. The van der Waals surface area contributed by atoms with E-state index in [1.165, 1.54) is 29.3 Å². The third-order valence-electron chi connectivity index (χ3n) is 5.01. The lowest BCUT2D eigenvalue weighted by atomic mass is 10.2. The van der Waals surface area contributed by atoms with Crippen LogP contribution in [0.2, 0.25) is 0 Å². The number of benzene rings is 2. The topological polar surface area (TPSA) is 103 Å². The summed E-state index contributed by atoms with van der Waals surface area (Å²) in [7, 11) is 0. The molecule has 12 heteroatoms. The minimum Gasteiger partial charge on any atom is -0.493 e. The predicted molar refractivity (Wildman–Crippen MR) is 137 cm³/mol. The molecular weight excluding hydrogens is 506 g/mol. The number of nitrogens with one attached hydrogen (secondary N) is 2. The molecule has 0 saturated heterocycles. The van der Waals surface area contributed by atoms with Crippen LogP contribution in [0.5, 0.6) is 11.5 Å². The van der Waals surface area contributed by atoms with E-state index >= 15 is 0 Å². The molecule has 0 aliphatic rings. The Morgan fingerprint density at radius 2 is 2.05 bits per heavy atom. The van der Waals surface area contributed by atoms with Crippen molar-refractivity contribution in [2.75, 3.05) is 23.1 Å². The number of aromatic nitrogens is 4. The quantitative estimate of drug-likeness (QED) is 0.201. The van der Waals surface area contributed by atoms with Crippen LogP contribution in [0.1, 0.15) is 20.3 Å².